The third-order valence-electron chi connectivity index (χ3n) is 8.21. The molecule has 0 unspecified atom stereocenters. The fraction of sp³-hybridized carbons (Fsp3) is 0.105. The molecular formula is C38H32N4Si. The molecular weight excluding hydrogens is 541 g/mol. The topological polar surface area (TPSA) is 51.6 Å². The highest BCUT2D eigenvalue weighted by Gasteiger charge is 2.45. The van der Waals surface area contributed by atoms with Crippen molar-refractivity contribution in [1.82, 2.24) is 19.9 Å². The molecule has 0 amide bonds. The zero-order valence-corrected chi connectivity index (χ0v) is 25.4. The summed E-state index contributed by atoms with van der Waals surface area (Å²) in [6.07, 6.45) is 12.7. The summed E-state index contributed by atoms with van der Waals surface area (Å²) in [6, 6.07) is 35.5. The lowest BCUT2D eigenvalue weighted by molar-refractivity contribution is 1.02. The Labute approximate surface area is 254 Å². The highest BCUT2D eigenvalue weighted by atomic mass is 28.3. The third-order valence-corrected chi connectivity index (χ3v) is 11.7. The second kappa shape index (κ2) is 11.3. The summed E-state index contributed by atoms with van der Waals surface area (Å²) in [5.41, 5.74) is 10.5. The van der Waals surface area contributed by atoms with Gasteiger partial charge in [0.15, 0.2) is 0 Å². The van der Waals surface area contributed by atoms with Gasteiger partial charge in [0.05, 0.1) is 34.2 Å². The molecule has 0 spiro atoms. The highest BCUT2D eigenvalue weighted by molar-refractivity contribution is 7.11. The summed E-state index contributed by atoms with van der Waals surface area (Å²) in [6.45, 7) is 4.90. The number of aromatic nitrogens is 4. The quantitative estimate of drug-likeness (QED) is 0.191. The number of benzene rings is 1. The first-order valence-electron chi connectivity index (χ1n) is 14.8. The van der Waals surface area contributed by atoms with E-state index in [1.165, 1.54) is 32.7 Å². The average molecular weight is 573 g/mol. The van der Waals surface area contributed by atoms with Gasteiger partial charge in [-0.05, 0) is 94.0 Å². The maximum atomic E-state index is 5.29. The van der Waals surface area contributed by atoms with Gasteiger partial charge in [-0.3, -0.25) is 9.97 Å². The average Bonchev–Trinajstić information content (AvgIpc) is 3.33. The number of nitrogens with zero attached hydrogens (tertiary/aromatic N) is 4. The maximum absolute atomic E-state index is 5.29. The second-order valence-electron chi connectivity index (χ2n) is 11.4. The van der Waals surface area contributed by atoms with Crippen molar-refractivity contribution in [3.63, 3.8) is 0 Å². The third kappa shape index (κ3) is 5.02. The summed E-state index contributed by atoms with van der Waals surface area (Å²) in [5.74, 6) is 0. The van der Waals surface area contributed by atoms with E-state index in [0.717, 1.165) is 47.0 Å². The van der Waals surface area contributed by atoms with E-state index < -0.39 is 8.07 Å². The number of rotatable bonds is 6. The monoisotopic (exact) mass is 572 g/mol. The lowest BCUT2D eigenvalue weighted by Crippen LogP contribution is -2.29. The van der Waals surface area contributed by atoms with Crippen molar-refractivity contribution in [2.24, 2.45) is 0 Å². The van der Waals surface area contributed by atoms with Gasteiger partial charge in [-0.2, -0.15) is 0 Å². The molecule has 4 aromatic heterocycles. The molecule has 5 heteroatoms. The number of hydrogen-bond donors (Lipinski definition) is 0. The minimum atomic E-state index is -2.40. The van der Waals surface area contributed by atoms with E-state index in [4.69, 9.17) is 9.97 Å². The molecule has 0 saturated heterocycles. The molecule has 1 aliphatic heterocycles. The Morgan fingerprint density at radius 2 is 1.05 bits per heavy atom. The minimum absolute atomic E-state index is 0.875. The van der Waals surface area contributed by atoms with Gasteiger partial charge in [0, 0.05) is 12.4 Å². The van der Waals surface area contributed by atoms with Gasteiger partial charge in [0.2, 0.25) is 0 Å². The SMILES string of the molecule is C[Si]1(C)C(c2cccc(-c3ccccn3)n2)=C(C2=CCCC=C2)C(c2ccccc2)=C1c1cccc(-c2ccccn2)n1. The molecule has 5 heterocycles. The Kier molecular flexibility index (Phi) is 7.09. The smallest absolute Gasteiger partial charge is 0.119 e. The fourth-order valence-corrected chi connectivity index (χ4v) is 9.94. The zero-order chi connectivity index (χ0) is 29.2. The van der Waals surface area contributed by atoms with Gasteiger partial charge in [0.1, 0.15) is 8.07 Å². The Hall–Kier alpha value is -5.00. The molecule has 7 rings (SSSR count). The van der Waals surface area contributed by atoms with Crippen LogP contribution in [0.3, 0.4) is 0 Å². The number of hydrogen-bond acceptors (Lipinski definition) is 4. The van der Waals surface area contributed by atoms with Crippen molar-refractivity contribution in [3.8, 4) is 22.8 Å². The summed E-state index contributed by atoms with van der Waals surface area (Å²) in [4.78, 5) is 19.8. The first kappa shape index (κ1) is 26.9. The zero-order valence-electron chi connectivity index (χ0n) is 24.4. The van der Waals surface area contributed by atoms with Crippen molar-refractivity contribution in [3.05, 3.63) is 162 Å². The van der Waals surface area contributed by atoms with Crippen LogP contribution >= 0.6 is 0 Å². The van der Waals surface area contributed by atoms with Crippen LogP contribution in [0.4, 0.5) is 0 Å². The normalized spacial score (nSPS) is 16.0. The van der Waals surface area contributed by atoms with E-state index in [9.17, 15) is 0 Å². The molecule has 0 fully saturated rings. The Balaban J connectivity index is 1.51. The second-order valence-corrected chi connectivity index (χ2v) is 15.6. The lowest BCUT2D eigenvalue weighted by atomic mass is 9.88. The van der Waals surface area contributed by atoms with Gasteiger partial charge in [0.25, 0.3) is 0 Å². The lowest BCUT2D eigenvalue weighted by Gasteiger charge is -2.26. The highest BCUT2D eigenvalue weighted by Crippen LogP contribution is 2.54. The van der Waals surface area contributed by atoms with Crippen LogP contribution in [0, 0.1) is 0 Å². The predicted molar refractivity (Wildman–Crippen MR) is 179 cm³/mol. The van der Waals surface area contributed by atoms with Crippen LogP contribution in [-0.4, -0.2) is 28.0 Å². The van der Waals surface area contributed by atoms with Crippen molar-refractivity contribution < 1.29 is 0 Å². The molecule has 0 N–H and O–H groups in total. The van der Waals surface area contributed by atoms with E-state index in [0.29, 0.717) is 0 Å². The van der Waals surface area contributed by atoms with Crippen LogP contribution in [0.2, 0.25) is 13.1 Å². The first-order valence-corrected chi connectivity index (χ1v) is 17.8. The van der Waals surface area contributed by atoms with E-state index in [1.54, 1.807) is 0 Å². The van der Waals surface area contributed by atoms with E-state index in [1.807, 2.05) is 48.8 Å². The number of allylic oxidation sites excluding steroid dienone is 6. The van der Waals surface area contributed by atoms with Crippen molar-refractivity contribution in [1.29, 1.82) is 0 Å². The van der Waals surface area contributed by atoms with Crippen LogP contribution in [0.25, 0.3) is 38.7 Å². The fourth-order valence-electron chi connectivity index (χ4n) is 6.34. The van der Waals surface area contributed by atoms with Crippen LogP contribution in [0.5, 0.6) is 0 Å². The van der Waals surface area contributed by atoms with Crippen molar-refractivity contribution >= 4 is 24.0 Å². The molecule has 0 radical (unpaired) electrons. The van der Waals surface area contributed by atoms with Crippen LogP contribution in [0.15, 0.2) is 145 Å². The van der Waals surface area contributed by atoms with Crippen LogP contribution in [0.1, 0.15) is 29.8 Å². The molecule has 1 aliphatic carbocycles. The molecule has 0 atom stereocenters. The van der Waals surface area contributed by atoms with Gasteiger partial charge in [-0.25, -0.2) is 9.97 Å². The van der Waals surface area contributed by atoms with E-state index in [-0.39, 0.29) is 0 Å². The van der Waals surface area contributed by atoms with Gasteiger partial charge in [-0.15, -0.1) is 0 Å². The van der Waals surface area contributed by atoms with E-state index in [2.05, 4.69) is 108 Å². The summed E-state index contributed by atoms with van der Waals surface area (Å²) in [5, 5.41) is 2.66. The molecule has 43 heavy (non-hydrogen) atoms. The predicted octanol–water partition coefficient (Wildman–Crippen LogP) is 9.04. The summed E-state index contributed by atoms with van der Waals surface area (Å²) in [7, 11) is -2.40. The molecule has 4 nitrogen and oxygen atoms in total. The summed E-state index contributed by atoms with van der Waals surface area (Å²) < 4.78 is 0. The molecule has 1 aromatic carbocycles. The Bertz CT molecular complexity index is 1920. The first-order chi connectivity index (χ1) is 21.1. The van der Waals surface area contributed by atoms with E-state index >= 15 is 0 Å². The number of pyridine rings is 4. The van der Waals surface area contributed by atoms with Crippen molar-refractivity contribution in [2.75, 3.05) is 0 Å². The molecule has 2 aliphatic rings. The maximum Gasteiger partial charge on any atom is 0.119 e. The Morgan fingerprint density at radius 1 is 0.512 bits per heavy atom. The largest absolute Gasteiger partial charge is 0.255 e. The van der Waals surface area contributed by atoms with Gasteiger partial charge < -0.3 is 0 Å². The minimum Gasteiger partial charge on any atom is -0.255 e. The standard InChI is InChI=1S/C38H32N4Si/c1-43(2)37(33-23-13-21-31(41-33)29-19-9-11-25-39-29)35(27-15-5-3-6-16-27)36(28-17-7-4-8-18-28)38(43)34-24-14-22-32(42-34)30-20-10-12-26-40-30/h3,5-7,9-26H,4,8H2,1-2H3. The van der Waals surface area contributed by atoms with Gasteiger partial charge in [-0.1, -0.05) is 85.9 Å². The molecule has 5 aromatic rings. The molecule has 208 valence electrons. The molecule has 0 saturated carbocycles. The van der Waals surface area contributed by atoms with Crippen LogP contribution in [-0.2, 0) is 0 Å². The van der Waals surface area contributed by atoms with Crippen molar-refractivity contribution in [2.45, 2.75) is 25.9 Å². The van der Waals surface area contributed by atoms with Crippen LogP contribution < -0.4 is 0 Å². The van der Waals surface area contributed by atoms with Gasteiger partial charge >= 0.3 is 0 Å². The summed E-state index contributed by atoms with van der Waals surface area (Å²) >= 11 is 0. The Morgan fingerprint density at radius 3 is 1.58 bits per heavy atom. The molecule has 0 bridgehead atoms.